The number of hydrogen-bond donors (Lipinski definition) is 1. The smallest absolute Gasteiger partial charge is 0.00745 e. The highest BCUT2D eigenvalue weighted by molar-refractivity contribution is 5.14. The van der Waals surface area contributed by atoms with E-state index >= 15 is 0 Å². The molecular formula is C20H39N. The second kappa shape index (κ2) is 11.1. The molecule has 0 fully saturated rings. The largest absolute Gasteiger partial charge is 0.330 e. The fourth-order valence-corrected chi connectivity index (χ4v) is 3.51. The van der Waals surface area contributed by atoms with Crippen molar-refractivity contribution in [2.45, 2.75) is 80.6 Å². The first-order valence-electron chi connectivity index (χ1n) is 8.92. The number of rotatable bonds is 10. The first-order valence-corrected chi connectivity index (χ1v) is 8.92. The molecule has 1 heteroatoms. The van der Waals surface area contributed by atoms with E-state index in [0.29, 0.717) is 11.8 Å². The first-order chi connectivity index (χ1) is 9.87. The normalized spacial score (nSPS) is 16.9. The Bertz CT molecular complexity index is 336. The zero-order chi connectivity index (χ0) is 16.4. The van der Waals surface area contributed by atoms with Gasteiger partial charge in [0.2, 0.25) is 0 Å². The van der Waals surface area contributed by atoms with Gasteiger partial charge >= 0.3 is 0 Å². The summed E-state index contributed by atoms with van der Waals surface area (Å²) in [5.74, 6) is 2.08. The van der Waals surface area contributed by atoms with Crippen molar-refractivity contribution in [1.82, 2.24) is 0 Å². The van der Waals surface area contributed by atoms with E-state index in [9.17, 15) is 0 Å². The Hall–Kier alpha value is -0.560. The second-order valence-electron chi connectivity index (χ2n) is 6.95. The Labute approximate surface area is 134 Å². The van der Waals surface area contributed by atoms with E-state index < -0.39 is 0 Å². The summed E-state index contributed by atoms with van der Waals surface area (Å²) in [5, 5.41) is 0. The third-order valence-electron chi connectivity index (χ3n) is 4.79. The molecule has 2 atom stereocenters. The average molecular weight is 294 g/mol. The molecule has 0 amide bonds. The minimum absolute atomic E-state index is 0.674. The standard InChI is InChI=1S/C20H39N/c1-8-10-16(5)17(6)13-19(11-12-21)14-18(7)20(9-2)15(3)4/h10,15,17,19H,8-9,11-14,21H2,1-7H3. The van der Waals surface area contributed by atoms with Gasteiger partial charge in [-0.3, -0.25) is 0 Å². The molecule has 21 heavy (non-hydrogen) atoms. The van der Waals surface area contributed by atoms with E-state index in [0.717, 1.165) is 25.3 Å². The van der Waals surface area contributed by atoms with Crippen LogP contribution in [0, 0.1) is 17.8 Å². The highest BCUT2D eigenvalue weighted by Gasteiger charge is 2.16. The number of allylic oxidation sites excluding steroid dienone is 4. The molecule has 1 nitrogen and oxygen atoms in total. The predicted molar refractivity (Wildman–Crippen MR) is 97.4 cm³/mol. The minimum Gasteiger partial charge on any atom is -0.330 e. The van der Waals surface area contributed by atoms with Crippen molar-refractivity contribution in [3.05, 3.63) is 22.8 Å². The molecule has 0 heterocycles. The Morgan fingerprint density at radius 3 is 2.14 bits per heavy atom. The molecule has 2 unspecified atom stereocenters. The Kier molecular flexibility index (Phi) is 10.8. The summed E-state index contributed by atoms with van der Waals surface area (Å²) < 4.78 is 0. The number of hydrogen-bond acceptors (Lipinski definition) is 1. The van der Waals surface area contributed by atoms with Crippen molar-refractivity contribution in [3.8, 4) is 0 Å². The van der Waals surface area contributed by atoms with E-state index in [2.05, 4.69) is 54.5 Å². The van der Waals surface area contributed by atoms with Gasteiger partial charge in [-0.2, -0.15) is 0 Å². The van der Waals surface area contributed by atoms with Gasteiger partial charge in [0.1, 0.15) is 0 Å². The van der Waals surface area contributed by atoms with Crippen LogP contribution in [0.4, 0.5) is 0 Å². The minimum atomic E-state index is 0.674. The summed E-state index contributed by atoms with van der Waals surface area (Å²) in [7, 11) is 0. The quantitative estimate of drug-likeness (QED) is 0.483. The third-order valence-corrected chi connectivity index (χ3v) is 4.79. The van der Waals surface area contributed by atoms with Crippen molar-refractivity contribution >= 4 is 0 Å². The van der Waals surface area contributed by atoms with Crippen LogP contribution in [-0.4, -0.2) is 6.54 Å². The molecule has 0 aliphatic heterocycles. The lowest BCUT2D eigenvalue weighted by atomic mass is 9.82. The van der Waals surface area contributed by atoms with E-state index in [4.69, 9.17) is 5.73 Å². The molecule has 0 rings (SSSR count). The van der Waals surface area contributed by atoms with Crippen LogP contribution in [-0.2, 0) is 0 Å². The van der Waals surface area contributed by atoms with Gasteiger partial charge in [0.15, 0.2) is 0 Å². The molecule has 0 spiro atoms. The Morgan fingerprint density at radius 1 is 1.10 bits per heavy atom. The van der Waals surface area contributed by atoms with Crippen molar-refractivity contribution in [3.63, 3.8) is 0 Å². The number of nitrogens with two attached hydrogens (primary N) is 1. The zero-order valence-electron chi connectivity index (χ0n) is 15.6. The van der Waals surface area contributed by atoms with Crippen LogP contribution in [0.2, 0.25) is 0 Å². The third kappa shape index (κ3) is 7.85. The van der Waals surface area contributed by atoms with Gasteiger partial charge in [0.05, 0.1) is 0 Å². The highest BCUT2D eigenvalue weighted by atomic mass is 14.5. The van der Waals surface area contributed by atoms with Crippen molar-refractivity contribution < 1.29 is 0 Å². The molecule has 2 N–H and O–H groups in total. The van der Waals surface area contributed by atoms with Crippen LogP contribution >= 0.6 is 0 Å². The van der Waals surface area contributed by atoms with E-state index in [1.807, 2.05) is 0 Å². The van der Waals surface area contributed by atoms with Gasteiger partial charge < -0.3 is 5.73 Å². The van der Waals surface area contributed by atoms with Gasteiger partial charge in [0.25, 0.3) is 0 Å². The fraction of sp³-hybridized carbons (Fsp3) is 0.800. The molecular weight excluding hydrogens is 254 g/mol. The first kappa shape index (κ1) is 20.4. The molecule has 0 aromatic heterocycles. The van der Waals surface area contributed by atoms with Crippen molar-refractivity contribution in [1.29, 1.82) is 0 Å². The zero-order valence-corrected chi connectivity index (χ0v) is 15.6. The van der Waals surface area contributed by atoms with Gasteiger partial charge in [-0.05, 0) is 70.3 Å². The summed E-state index contributed by atoms with van der Waals surface area (Å²) >= 11 is 0. The molecule has 0 aliphatic rings. The summed E-state index contributed by atoms with van der Waals surface area (Å²) in [4.78, 5) is 0. The molecule has 0 aromatic rings. The molecule has 0 aliphatic carbocycles. The topological polar surface area (TPSA) is 26.0 Å². The van der Waals surface area contributed by atoms with Gasteiger partial charge in [-0.15, -0.1) is 0 Å². The van der Waals surface area contributed by atoms with Crippen molar-refractivity contribution in [2.24, 2.45) is 23.5 Å². The predicted octanol–water partition coefficient (Wildman–Crippen LogP) is 6.11. The molecule has 0 saturated carbocycles. The van der Waals surface area contributed by atoms with E-state index in [-0.39, 0.29) is 0 Å². The molecule has 0 bridgehead atoms. The van der Waals surface area contributed by atoms with Crippen LogP contribution in [0.5, 0.6) is 0 Å². The maximum Gasteiger partial charge on any atom is -0.00745 e. The lowest BCUT2D eigenvalue weighted by Gasteiger charge is -2.24. The van der Waals surface area contributed by atoms with Gasteiger partial charge in [-0.25, -0.2) is 0 Å². The van der Waals surface area contributed by atoms with Gasteiger partial charge in [0, 0.05) is 0 Å². The molecule has 124 valence electrons. The summed E-state index contributed by atoms with van der Waals surface area (Å²) in [5.41, 5.74) is 10.6. The highest BCUT2D eigenvalue weighted by Crippen LogP contribution is 2.30. The Balaban J connectivity index is 4.88. The lowest BCUT2D eigenvalue weighted by Crippen LogP contribution is -2.14. The van der Waals surface area contributed by atoms with Crippen molar-refractivity contribution in [2.75, 3.05) is 6.54 Å². The average Bonchev–Trinajstić information content (AvgIpc) is 2.39. The fourth-order valence-electron chi connectivity index (χ4n) is 3.51. The SMILES string of the molecule is CCC=C(C)C(C)CC(CCN)CC(C)=C(CC)C(C)C. The summed E-state index contributed by atoms with van der Waals surface area (Å²) in [6.07, 6.45) is 8.34. The van der Waals surface area contributed by atoms with E-state index in [1.54, 1.807) is 16.7 Å². The van der Waals surface area contributed by atoms with E-state index in [1.165, 1.54) is 19.3 Å². The van der Waals surface area contributed by atoms with Crippen LogP contribution in [0.15, 0.2) is 22.8 Å². The van der Waals surface area contributed by atoms with Gasteiger partial charge in [-0.1, -0.05) is 57.4 Å². The Morgan fingerprint density at radius 2 is 1.71 bits per heavy atom. The molecule has 0 aromatic carbocycles. The van der Waals surface area contributed by atoms with Crippen LogP contribution in [0.3, 0.4) is 0 Å². The maximum absolute atomic E-state index is 5.85. The van der Waals surface area contributed by atoms with Crippen LogP contribution in [0.25, 0.3) is 0 Å². The summed E-state index contributed by atoms with van der Waals surface area (Å²) in [6.45, 7) is 16.9. The molecule has 0 radical (unpaired) electrons. The monoisotopic (exact) mass is 293 g/mol. The molecule has 0 saturated heterocycles. The van der Waals surface area contributed by atoms with Crippen LogP contribution < -0.4 is 5.73 Å². The maximum atomic E-state index is 5.85. The second-order valence-corrected chi connectivity index (χ2v) is 6.95. The van der Waals surface area contributed by atoms with Crippen LogP contribution in [0.1, 0.15) is 80.6 Å². The summed E-state index contributed by atoms with van der Waals surface area (Å²) in [6, 6.07) is 0. The lowest BCUT2D eigenvalue weighted by molar-refractivity contribution is 0.395.